The zero-order valence-corrected chi connectivity index (χ0v) is 16.4. The molecular weight excluding hydrogens is 352 g/mol. The van der Waals surface area contributed by atoms with Crippen LogP contribution in [0.2, 0.25) is 0 Å². The highest BCUT2D eigenvalue weighted by Gasteiger charge is 2.36. The molecule has 3 heterocycles. The third-order valence-electron chi connectivity index (χ3n) is 5.45. The average molecular weight is 379 g/mol. The van der Waals surface area contributed by atoms with E-state index in [0.717, 1.165) is 24.5 Å². The number of sulfonamides is 1. The first-order chi connectivity index (χ1) is 12.4. The fourth-order valence-electron chi connectivity index (χ4n) is 3.87. The van der Waals surface area contributed by atoms with Gasteiger partial charge in [0.1, 0.15) is 10.7 Å². The summed E-state index contributed by atoms with van der Waals surface area (Å²) in [6.07, 6.45) is 4.07. The zero-order chi connectivity index (χ0) is 18.5. The van der Waals surface area contributed by atoms with Crippen LogP contribution in [0.25, 0.3) is 0 Å². The molecule has 1 saturated heterocycles. The minimum atomic E-state index is -3.57. The van der Waals surface area contributed by atoms with E-state index in [1.54, 1.807) is 15.9 Å². The molecule has 1 saturated carbocycles. The van der Waals surface area contributed by atoms with Gasteiger partial charge in [-0.25, -0.2) is 13.4 Å². The maximum atomic E-state index is 13.3. The second kappa shape index (κ2) is 6.45. The van der Waals surface area contributed by atoms with Crippen molar-refractivity contribution in [3.63, 3.8) is 0 Å². The number of H-pyrrole nitrogens is 1. The Bertz CT molecular complexity index is 912. The first-order valence-electron chi connectivity index (χ1n) is 9.38. The highest BCUT2D eigenvalue weighted by Crippen LogP contribution is 2.39. The highest BCUT2D eigenvalue weighted by atomic mass is 32.2. The van der Waals surface area contributed by atoms with Gasteiger partial charge in [-0.2, -0.15) is 14.5 Å². The fourth-order valence-corrected chi connectivity index (χ4v) is 5.77. The molecular formula is C17H26N6O2S. The molecule has 9 heteroatoms. The number of nitrogens with one attached hydrogen (secondary N) is 1. The lowest BCUT2D eigenvalue weighted by atomic mass is 9.99. The lowest BCUT2D eigenvalue weighted by Crippen LogP contribution is -2.39. The Balaban J connectivity index is 1.59. The van der Waals surface area contributed by atoms with E-state index in [1.807, 2.05) is 13.8 Å². The number of aryl methyl sites for hydroxylation is 2. The van der Waals surface area contributed by atoms with Crippen molar-refractivity contribution in [2.45, 2.75) is 69.7 Å². The smallest absolute Gasteiger partial charge is 0.246 e. The summed E-state index contributed by atoms with van der Waals surface area (Å²) in [7, 11) is -3.57. The van der Waals surface area contributed by atoms with Crippen LogP contribution in [-0.4, -0.2) is 50.8 Å². The maximum absolute atomic E-state index is 13.3. The Labute approximate surface area is 154 Å². The quantitative estimate of drug-likeness (QED) is 0.859. The molecule has 1 aliphatic carbocycles. The molecule has 0 radical (unpaired) electrons. The van der Waals surface area contributed by atoms with Crippen molar-refractivity contribution in [1.82, 2.24) is 29.3 Å². The second-order valence-electron chi connectivity index (χ2n) is 7.37. The van der Waals surface area contributed by atoms with Crippen LogP contribution in [0.4, 0.5) is 0 Å². The molecule has 0 aromatic carbocycles. The maximum Gasteiger partial charge on any atom is 0.246 e. The number of hydrogen-bond donors (Lipinski definition) is 1. The number of nitrogens with zero attached hydrogens (tertiary/aromatic N) is 5. The summed E-state index contributed by atoms with van der Waals surface area (Å²) >= 11 is 0. The average Bonchev–Trinajstić information content (AvgIpc) is 3.27. The van der Waals surface area contributed by atoms with E-state index in [-0.39, 0.29) is 5.92 Å². The molecule has 1 atom stereocenters. The van der Waals surface area contributed by atoms with Crippen LogP contribution >= 0.6 is 0 Å². The predicted octanol–water partition coefficient (Wildman–Crippen LogP) is 2.08. The Kier molecular flexibility index (Phi) is 4.38. The molecule has 2 fully saturated rings. The van der Waals surface area contributed by atoms with Crippen LogP contribution < -0.4 is 0 Å². The van der Waals surface area contributed by atoms with Crippen molar-refractivity contribution in [3.05, 3.63) is 23.0 Å². The Morgan fingerprint density at radius 2 is 1.96 bits per heavy atom. The number of hydrogen-bond acceptors (Lipinski definition) is 5. The van der Waals surface area contributed by atoms with Crippen LogP contribution in [0.3, 0.4) is 0 Å². The van der Waals surface area contributed by atoms with Crippen molar-refractivity contribution in [1.29, 1.82) is 0 Å². The van der Waals surface area contributed by atoms with Gasteiger partial charge in [-0.05, 0) is 46.5 Å². The molecule has 4 rings (SSSR count). The minimum Gasteiger partial charge on any atom is -0.268 e. The highest BCUT2D eigenvalue weighted by molar-refractivity contribution is 7.89. The first kappa shape index (κ1) is 17.7. The Hall–Kier alpha value is -1.74. The Morgan fingerprint density at radius 1 is 1.19 bits per heavy atom. The van der Waals surface area contributed by atoms with Crippen LogP contribution in [0.5, 0.6) is 0 Å². The summed E-state index contributed by atoms with van der Waals surface area (Å²) < 4.78 is 29.9. The standard InChI is InChI=1S/C17H26N6O2S/c1-4-23-12(3)15(11(2)21-23)26(24,25)22-9-5-6-14(10-22)17-18-16(19-20-17)13-7-8-13/h13-14H,4-10H2,1-3H3,(H,18,19,20). The summed E-state index contributed by atoms with van der Waals surface area (Å²) in [6, 6.07) is 0. The lowest BCUT2D eigenvalue weighted by molar-refractivity contribution is 0.309. The topological polar surface area (TPSA) is 96.8 Å². The van der Waals surface area contributed by atoms with E-state index < -0.39 is 10.0 Å². The van der Waals surface area contributed by atoms with Gasteiger partial charge < -0.3 is 0 Å². The van der Waals surface area contributed by atoms with Gasteiger partial charge in [0.25, 0.3) is 0 Å². The summed E-state index contributed by atoms with van der Waals surface area (Å²) in [5.41, 5.74) is 1.28. The first-order valence-corrected chi connectivity index (χ1v) is 10.8. The molecule has 0 spiro atoms. The monoisotopic (exact) mass is 378 g/mol. The second-order valence-corrected chi connectivity index (χ2v) is 9.25. The lowest BCUT2D eigenvalue weighted by Gasteiger charge is -2.30. The number of piperidine rings is 1. The minimum absolute atomic E-state index is 0.0455. The van der Waals surface area contributed by atoms with Gasteiger partial charge in [-0.3, -0.25) is 9.78 Å². The van der Waals surface area contributed by atoms with Crippen molar-refractivity contribution in [2.24, 2.45) is 0 Å². The molecule has 8 nitrogen and oxygen atoms in total. The zero-order valence-electron chi connectivity index (χ0n) is 15.6. The molecule has 1 unspecified atom stereocenters. The third-order valence-corrected chi connectivity index (χ3v) is 7.56. The van der Waals surface area contributed by atoms with Crippen molar-refractivity contribution in [3.8, 4) is 0 Å². The van der Waals surface area contributed by atoms with E-state index in [4.69, 9.17) is 0 Å². The summed E-state index contributed by atoms with van der Waals surface area (Å²) in [4.78, 5) is 4.99. The van der Waals surface area contributed by atoms with E-state index in [2.05, 4.69) is 20.3 Å². The molecule has 142 valence electrons. The molecule has 2 aliphatic rings. The molecule has 26 heavy (non-hydrogen) atoms. The van der Waals surface area contributed by atoms with Gasteiger partial charge in [0.15, 0.2) is 5.82 Å². The molecule has 1 N–H and O–H groups in total. The SMILES string of the molecule is CCn1nc(C)c(S(=O)(=O)N2CCCC(c3n[nH]c(C4CC4)n3)C2)c1C. The molecule has 1 aliphatic heterocycles. The van der Waals surface area contributed by atoms with Crippen LogP contribution in [-0.2, 0) is 16.6 Å². The normalized spacial score (nSPS) is 22.0. The Morgan fingerprint density at radius 3 is 2.62 bits per heavy atom. The van der Waals surface area contributed by atoms with Crippen molar-refractivity contribution in [2.75, 3.05) is 13.1 Å². The third kappa shape index (κ3) is 2.96. The van der Waals surface area contributed by atoms with Gasteiger partial charge in [-0.1, -0.05) is 0 Å². The van der Waals surface area contributed by atoms with Crippen molar-refractivity contribution >= 4 is 10.0 Å². The number of aromatic amines is 1. The fraction of sp³-hybridized carbons (Fsp3) is 0.706. The van der Waals surface area contributed by atoms with Gasteiger partial charge in [0, 0.05) is 31.5 Å². The largest absolute Gasteiger partial charge is 0.268 e. The molecule has 0 bridgehead atoms. The van der Waals surface area contributed by atoms with Gasteiger partial charge in [0.05, 0.1) is 11.4 Å². The van der Waals surface area contributed by atoms with E-state index in [1.165, 1.54) is 12.8 Å². The summed E-state index contributed by atoms with van der Waals surface area (Å²) in [5, 5.41) is 11.8. The van der Waals surface area contributed by atoms with Gasteiger partial charge in [-0.15, -0.1) is 0 Å². The summed E-state index contributed by atoms with van der Waals surface area (Å²) in [5.74, 6) is 2.27. The number of rotatable bonds is 5. The molecule has 0 amide bonds. The van der Waals surface area contributed by atoms with Gasteiger partial charge >= 0.3 is 0 Å². The summed E-state index contributed by atoms with van der Waals surface area (Å²) in [6.45, 7) is 7.19. The van der Waals surface area contributed by atoms with Crippen LogP contribution in [0.1, 0.15) is 67.5 Å². The predicted molar refractivity (Wildman–Crippen MR) is 96.5 cm³/mol. The molecule has 2 aromatic rings. The number of aromatic nitrogens is 5. The van der Waals surface area contributed by atoms with E-state index in [9.17, 15) is 8.42 Å². The van der Waals surface area contributed by atoms with Crippen molar-refractivity contribution < 1.29 is 8.42 Å². The van der Waals surface area contributed by atoms with Crippen LogP contribution in [0.15, 0.2) is 4.90 Å². The van der Waals surface area contributed by atoms with E-state index >= 15 is 0 Å². The van der Waals surface area contributed by atoms with Gasteiger partial charge in [0.2, 0.25) is 10.0 Å². The molecule has 2 aromatic heterocycles. The van der Waals surface area contributed by atoms with E-state index in [0.29, 0.717) is 41.8 Å². The van der Waals surface area contributed by atoms with Crippen LogP contribution in [0, 0.1) is 13.8 Å².